The number of anilines is 1. The monoisotopic (exact) mass is 615 g/mol. The van der Waals surface area contributed by atoms with Gasteiger partial charge < -0.3 is 25.3 Å². The molecule has 232 valence electrons. The highest BCUT2D eigenvalue weighted by molar-refractivity contribution is 7.09. The van der Waals surface area contributed by atoms with Crippen LogP contribution >= 0.6 is 11.3 Å². The maximum Gasteiger partial charge on any atom is 0.254 e. The van der Waals surface area contributed by atoms with Gasteiger partial charge in [0.25, 0.3) is 11.8 Å². The Labute approximate surface area is 263 Å². The molecule has 0 saturated carbocycles. The van der Waals surface area contributed by atoms with Gasteiger partial charge in [-0.1, -0.05) is 44.2 Å². The molecule has 3 N–H and O–H groups in total. The molecule has 0 aliphatic heterocycles. The van der Waals surface area contributed by atoms with Gasteiger partial charge in [-0.25, -0.2) is 4.98 Å². The molecule has 0 aliphatic rings. The van der Waals surface area contributed by atoms with Crippen LogP contribution in [0.25, 0.3) is 0 Å². The smallest absolute Gasteiger partial charge is 0.254 e. The molecule has 0 saturated heterocycles. The van der Waals surface area contributed by atoms with Gasteiger partial charge in [-0.3, -0.25) is 14.6 Å². The number of pyridine rings is 1. The molecule has 0 spiro atoms. The maximum absolute atomic E-state index is 13.7. The molecule has 2 aromatic heterocycles. The predicted octanol–water partition coefficient (Wildman–Crippen LogP) is 4.57. The Hall–Kier alpha value is -4.12. The third-order valence-electron chi connectivity index (χ3n) is 7.46. The molecule has 9 nitrogen and oxygen atoms in total. The van der Waals surface area contributed by atoms with Crippen molar-refractivity contribution < 1.29 is 19.8 Å². The molecule has 2 atom stereocenters. The molecule has 2 heterocycles. The van der Waals surface area contributed by atoms with Crippen LogP contribution < -0.4 is 10.2 Å². The van der Waals surface area contributed by atoms with Crippen molar-refractivity contribution >= 4 is 28.8 Å². The van der Waals surface area contributed by atoms with Gasteiger partial charge in [0.05, 0.1) is 37.2 Å². The van der Waals surface area contributed by atoms with Crippen molar-refractivity contribution in [1.29, 1.82) is 0 Å². The number of carbonyl (C=O) groups excluding carboxylic acids is 2. The number of rotatable bonds is 13. The maximum atomic E-state index is 13.7. The first kappa shape index (κ1) is 32.8. The van der Waals surface area contributed by atoms with E-state index in [4.69, 9.17) is 0 Å². The molecule has 2 amide bonds. The third-order valence-corrected chi connectivity index (χ3v) is 8.41. The minimum Gasteiger partial charge on any atom is -0.392 e. The summed E-state index contributed by atoms with van der Waals surface area (Å²) < 4.78 is 0. The zero-order valence-electron chi connectivity index (χ0n) is 25.9. The molecular weight excluding hydrogens is 574 g/mol. The van der Waals surface area contributed by atoms with E-state index in [-0.39, 0.29) is 30.2 Å². The van der Waals surface area contributed by atoms with Crippen LogP contribution in [-0.2, 0) is 19.6 Å². The average molecular weight is 616 g/mol. The predicted molar refractivity (Wildman–Crippen MR) is 174 cm³/mol. The van der Waals surface area contributed by atoms with E-state index in [1.165, 1.54) is 22.3 Å². The van der Waals surface area contributed by atoms with E-state index in [1.54, 1.807) is 25.4 Å². The Morgan fingerprint density at radius 3 is 2.39 bits per heavy atom. The Kier molecular flexibility index (Phi) is 11.2. The van der Waals surface area contributed by atoms with Crippen molar-refractivity contribution in [3.05, 3.63) is 111 Å². The van der Waals surface area contributed by atoms with Crippen molar-refractivity contribution in [2.45, 2.75) is 58.4 Å². The molecule has 44 heavy (non-hydrogen) atoms. The third kappa shape index (κ3) is 8.72. The molecule has 0 fully saturated rings. The zero-order valence-corrected chi connectivity index (χ0v) is 26.7. The standard InChI is InChI=1S/C34H41N5O4S/c1-22(2)28-15-29(17-35-16-28)38(4)18-31(41)30(13-24-9-7-6-8-10-24)37-33(42)26-11-25(20-40)12-27(14-26)34(43)39(5)19-32-36-23(3)21-44-32/h6-12,14-17,21-22,30-31,40-41H,13,18-20H2,1-5H3,(H,37,42)/t30-,31+/m0/s1. The summed E-state index contributed by atoms with van der Waals surface area (Å²) in [4.78, 5) is 39.3. The SMILES string of the molecule is Cc1csc(CN(C)C(=O)c2cc(CO)cc(C(=O)N[C@@H](Cc3ccccc3)[C@H](O)CN(C)c3cncc(C(C)C)c3)c2)n1. The van der Waals surface area contributed by atoms with Crippen LogP contribution in [0.5, 0.6) is 0 Å². The lowest BCUT2D eigenvalue weighted by Gasteiger charge is -2.29. The minimum absolute atomic E-state index is 0.228. The minimum atomic E-state index is -0.929. The lowest BCUT2D eigenvalue weighted by molar-refractivity contribution is 0.0784. The largest absolute Gasteiger partial charge is 0.392 e. The Bertz CT molecular complexity index is 1560. The fourth-order valence-electron chi connectivity index (χ4n) is 4.89. The molecule has 0 unspecified atom stereocenters. The number of benzene rings is 2. The van der Waals surface area contributed by atoms with Crippen LogP contribution in [0.2, 0.25) is 0 Å². The number of thiazole rings is 1. The summed E-state index contributed by atoms with van der Waals surface area (Å²) in [6.07, 6.45) is 3.07. The second kappa shape index (κ2) is 15.1. The van der Waals surface area contributed by atoms with Crippen molar-refractivity contribution in [3.8, 4) is 0 Å². The molecule has 0 radical (unpaired) electrons. The molecule has 0 aliphatic carbocycles. The Balaban J connectivity index is 1.55. The summed E-state index contributed by atoms with van der Waals surface area (Å²) in [6.45, 7) is 6.36. The van der Waals surface area contributed by atoms with Gasteiger partial charge in [-0.15, -0.1) is 11.3 Å². The number of nitrogens with one attached hydrogen (secondary N) is 1. The number of nitrogens with zero attached hydrogens (tertiary/aromatic N) is 4. The van der Waals surface area contributed by atoms with Gasteiger partial charge in [0.15, 0.2) is 0 Å². The molecule has 0 bridgehead atoms. The van der Waals surface area contributed by atoms with E-state index in [0.717, 1.165) is 27.5 Å². The van der Waals surface area contributed by atoms with E-state index < -0.39 is 18.1 Å². The normalized spacial score (nSPS) is 12.5. The van der Waals surface area contributed by atoms with Crippen LogP contribution in [0.4, 0.5) is 5.69 Å². The lowest BCUT2D eigenvalue weighted by atomic mass is 9.99. The summed E-state index contributed by atoms with van der Waals surface area (Å²) in [5.74, 6) is -0.422. The van der Waals surface area contributed by atoms with E-state index >= 15 is 0 Å². The summed E-state index contributed by atoms with van der Waals surface area (Å²) in [5, 5.41) is 27.1. The number of aryl methyl sites for hydroxylation is 1. The fourth-order valence-corrected chi connectivity index (χ4v) is 5.72. The quantitative estimate of drug-likeness (QED) is 0.202. The van der Waals surface area contributed by atoms with Gasteiger partial charge in [0.1, 0.15) is 5.01 Å². The fraction of sp³-hybridized carbons (Fsp3) is 0.353. The summed E-state index contributed by atoms with van der Waals surface area (Å²) in [7, 11) is 3.57. The number of hydrogen-bond donors (Lipinski definition) is 3. The average Bonchev–Trinajstić information content (AvgIpc) is 3.44. The van der Waals surface area contributed by atoms with Gasteiger partial charge in [0.2, 0.25) is 0 Å². The van der Waals surface area contributed by atoms with Crippen LogP contribution in [-0.4, -0.2) is 69.7 Å². The number of aromatic nitrogens is 2. The summed E-state index contributed by atoms with van der Waals surface area (Å²) in [6, 6.07) is 15.8. The van der Waals surface area contributed by atoms with Crippen molar-refractivity contribution in [3.63, 3.8) is 0 Å². The highest BCUT2D eigenvalue weighted by Gasteiger charge is 2.25. The van der Waals surface area contributed by atoms with Crippen LogP contribution in [0.15, 0.2) is 72.4 Å². The van der Waals surface area contributed by atoms with Crippen LogP contribution in [0.3, 0.4) is 0 Å². The summed E-state index contributed by atoms with van der Waals surface area (Å²) >= 11 is 1.48. The number of aliphatic hydroxyl groups is 2. The van der Waals surface area contributed by atoms with Gasteiger partial charge >= 0.3 is 0 Å². The topological polar surface area (TPSA) is 119 Å². The highest BCUT2D eigenvalue weighted by Crippen LogP contribution is 2.21. The second-order valence-corrected chi connectivity index (χ2v) is 12.4. The van der Waals surface area contributed by atoms with E-state index in [0.29, 0.717) is 24.4 Å². The molecule has 2 aromatic carbocycles. The van der Waals surface area contributed by atoms with Crippen molar-refractivity contribution in [2.24, 2.45) is 0 Å². The first-order valence-electron chi connectivity index (χ1n) is 14.6. The Morgan fingerprint density at radius 1 is 1.00 bits per heavy atom. The first-order valence-corrected chi connectivity index (χ1v) is 15.5. The molecule has 4 aromatic rings. The first-order chi connectivity index (χ1) is 21.0. The summed E-state index contributed by atoms with van der Waals surface area (Å²) in [5.41, 5.74) is 4.78. The number of carbonyl (C=O) groups is 2. The molecule has 10 heteroatoms. The van der Waals surface area contributed by atoms with Gasteiger partial charge in [-0.05, 0) is 60.2 Å². The van der Waals surface area contributed by atoms with E-state index in [1.807, 2.05) is 60.8 Å². The van der Waals surface area contributed by atoms with Gasteiger partial charge in [0, 0.05) is 49.0 Å². The van der Waals surface area contributed by atoms with Crippen LogP contribution in [0, 0.1) is 6.92 Å². The van der Waals surface area contributed by atoms with Crippen molar-refractivity contribution in [1.82, 2.24) is 20.2 Å². The second-order valence-electron chi connectivity index (χ2n) is 11.5. The van der Waals surface area contributed by atoms with Gasteiger partial charge in [-0.2, -0.15) is 0 Å². The highest BCUT2D eigenvalue weighted by atomic mass is 32.1. The number of hydrogen-bond acceptors (Lipinski definition) is 8. The van der Waals surface area contributed by atoms with Crippen LogP contribution in [0.1, 0.15) is 67.9 Å². The lowest BCUT2D eigenvalue weighted by Crippen LogP contribution is -2.49. The van der Waals surface area contributed by atoms with E-state index in [2.05, 4.69) is 35.2 Å². The number of amides is 2. The number of aliphatic hydroxyl groups excluding tert-OH is 2. The zero-order chi connectivity index (χ0) is 31.8. The Morgan fingerprint density at radius 2 is 1.73 bits per heavy atom. The number of likely N-dealkylation sites (N-methyl/N-ethyl adjacent to an activating group) is 1. The molecule has 4 rings (SSSR count). The molecular formula is C34H41N5O4S. The van der Waals surface area contributed by atoms with E-state index in [9.17, 15) is 19.8 Å². The van der Waals surface area contributed by atoms with Crippen molar-refractivity contribution in [2.75, 3.05) is 25.5 Å².